The first-order chi connectivity index (χ1) is 10.9. The predicted octanol–water partition coefficient (Wildman–Crippen LogP) is 1.76. The Hall–Kier alpha value is -0.570. The number of guanidine groups is 1. The molecule has 0 aromatic heterocycles. The first kappa shape index (κ1) is 23.4. The van der Waals surface area contributed by atoms with E-state index >= 15 is 0 Å². The number of hydrogen-bond acceptors (Lipinski definition) is 3. The minimum atomic E-state index is 0. The molecule has 142 valence electrons. The molecular formula is C17H36IN5O. The lowest BCUT2D eigenvalue weighted by Gasteiger charge is -2.24. The van der Waals surface area contributed by atoms with Crippen molar-refractivity contribution in [1.29, 1.82) is 0 Å². The Bertz CT molecular complexity index is 387. The molecule has 24 heavy (non-hydrogen) atoms. The molecule has 0 aliphatic carbocycles. The molecule has 2 N–H and O–H groups in total. The third-order valence-corrected chi connectivity index (χ3v) is 4.30. The lowest BCUT2D eigenvalue weighted by Crippen LogP contribution is -2.45. The van der Waals surface area contributed by atoms with Crippen LogP contribution < -0.4 is 10.6 Å². The molecule has 1 saturated heterocycles. The number of likely N-dealkylation sites (tertiary alicyclic amines) is 1. The highest BCUT2D eigenvalue weighted by Gasteiger charge is 2.22. The summed E-state index contributed by atoms with van der Waals surface area (Å²) in [5.41, 5.74) is 0. The smallest absolute Gasteiger partial charge is 0.243 e. The summed E-state index contributed by atoms with van der Waals surface area (Å²) < 4.78 is 0. The number of nitrogens with one attached hydrogen (secondary N) is 2. The number of hydrogen-bond donors (Lipinski definition) is 2. The van der Waals surface area contributed by atoms with Gasteiger partial charge in [0, 0.05) is 33.2 Å². The van der Waals surface area contributed by atoms with Crippen molar-refractivity contribution in [2.45, 2.75) is 46.1 Å². The zero-order valence-electron chi connectivity index (χ0n) is 16.0. The Morgan fingerprint density at radius 3 is 2.62 bits per heavy atom. The highest BCUT2D eigenvalue weighted by atomic mass is 127. The maximum Gasteiger partial charge on any atom is 0.243 e. The molecule has 7 heteroatoms. The lowest BCUT2D eigenvalue weighted by atomic mass is 10.1. The van der Waals surface area contributed by atoms with Crippen molar-refractivity contribution in [2.75, 3.05) is 46.8 Å². The molecule has 1 atom stereocenters. The van der Waals surface area contributed by atoms with Gasteiger partial charge in [-0.1, -0.05) is 20.8 Å². The molecule has 0 radical (unpaired) electrons. The number of carbonyl (C=O) groups is 1. The lowest BCUT2D eigenvalue weighted by molar-refractivity contribution is -0.127. The fourth-order valence-electron chi connectivity index (χ4n) is 2.70. The van der Waals surface area contributed by atoms with E-state index in [2.05, 4.69) is 41.3 Å². The Morgan fingerprint density at radius 2 is 2.04 bits per heavy atom. The molecule has 1 unspecified atom stereocenters. The number of aliphatic imine (C=N–C) groups is 1. The van der Waals surface area contributed by atoms with Crippen LogP contribution in [-0.4, -0.2) is 74.5 Å². The molecule has 6 nitrogen and oxygen atoms in total. The summed E-state index contributed by atoms with van der Waals surface area (Å²) >= 11 is 0. The van der Waals surface area contributed by atoms with E-state index in [0.29, 0.717) is 12.0 Å². The number of halogens is 1. The van der Waals surface area contributed by atoms with Gasteiger partial charge in [-0.2, -0.15) is 0 Å². The third kappa shape index (κ3) is 9.05. The van der Waals surface area contributed by atoms with E-state index < -0.39 is 0 Å². The van der Waals surface area contributed by atoms with Gasteiger partial charge < -0.3 is 15.5 Å². The molecule has 1 heterocycles. The van der Waals surface area contributed by atoms with E-state index in [1.165, 1.54) is 19.4 Å². The molecule has 1 rings (SSSR count). The van der Waals surface area contributed by atoms with Crippen LogP contribution in [0.3, 0.4) is 0 Å². The normalized spacial score (nSPS) is 18.4. The standard InChI is InChI=1S/C17H35N5O.HI/c1-6-22-11-7-8-15(22)12-19-17(18-10-9-14(2)3)20-13-16(23)21(4)5;/h14-15H,6-13H2,1-5H3,(H2,18,19,20);1H. The number of nitrogens with zero attached hydrogens (tertiary/aromatic N) is 3. The summed E-state index contributed by atoms with van der Waals surface area (Å²) in [6, 6.07) is 0.571. The van der Waals surface area contributed by atoms with Crippen molar-refractivity contribution in [3.05, 3.63) is 0 Å². The highest BCUT2D eigenvalue weighted by Crippen LogP contribution is 2.15. The minimum Gasteiger partial charge on any atom is -0.356 e. The zero-order chi connectivity index (χ0) is 17.2. The van der Waals surface area contributed by atoms with E-state index in [1.807, 2.05) is 0 Å². The molecule has 1 aliphatic rings. The molecule has 1 fully saturated rings. The van der Waals surface area contributed by atoms with Crippen LogP contribution in [0.2, 0.25) is 0 Å². The molecule has 0 aromatic rings. The molecule has 0 spiro atoms. The minimum absolute atomic E-state index is 0. The van der Waals surface area contributed by atoms with Crippen LogP contribution in [0.25, 0.3) is 0 Å². The van der Waals surface area contributed by atoms with Crippen LogP contribution in [0.5, 0.6) is 0 Å². The van der Waals surface area contributed by atoms with Gasteiger partial charge >= 0.3 is 0 Å². The van der Waals surface area contributed by atoms with E-state index in [-0.39, 0.29) is 36.4 Å². The average Bonchev–Trinajstić information content (AvgIpc) is 2.96. The summed E-state index contributed by atoms with van der Waals surface area (Å²) in [6.07, 6.45) is 3.59. The molecule has 0 bridgehead atoms. The van der Waals surface area contributed by atoms with Crippen LogP contribution in [0.15, 0.2) is 4.99 Å². The van der Waals surface area contributed by atoms with Crippen molar-refractivity contribution in [3.8, 4) is 0 Å². The third-order valence-electron chi connectivity index (χ3n) is 4.30. The molecular weight excluding hydrogens is 417 g/mol. The summed E-state index contributed by atoms with van der Waals surface area (Å²) in [5, 5.41) is 6.77. The largest absolute Gasteiger partial charge is 0.356 e. The molecule has 1 amide bonds. The molecule has 0 aromatic carbocycles. The fourth-order valence-corrected chi connectivity index (χ4v) is 2.70. The summed E-state index contributed by atoms with van der Waals surface area (Å²) in [5.74, 6) is 1.42. The Morgan fingerprint density at radius 1 is 1.33 bits per heavy atom. The maximum absolute atomic E-state index is 11.7. The van der Waals surface area contributed by atoms with Crippen molar-refractivity contribution in [3.63, 3.8) is 0 Å². The first-order valence-electron chi connectivity index (χ1n) is 8.90. The topological polar surface area (TPSA) is 60.0 Å². The SMILES string of the molecule is CCN1CCCC1CNC(=NCC(=O)N(C)C)NCCC(C)C.I. The second-order valence-electron chi connectivity index (χ2n) is 6.87. The summed E-state index contributed by atoms with van der Waals surface area (Å²) in [6.45, 7) is 10.9. The zero-order valence-corrected chi connectivity index (χ0v) is 18.3. The van der Waals surface area contributed by atoms with E-state index in [0.717, 1.165) is 32.0 Å². The maximum atomic E-state index is 11.7. The van der Waals surface area contributed by atoms with Gasteiger partial charge in [0.2, 0.25) is 5.91 Å². The Labute approximate surface area is 164 Å². The van der Waals surface area contributed by atoms with E-state index in [4.69, 9.17) is 0 Å². The second-order valence-corrected chi connectivity index (χ2v) is 6.87. The molecule has 0 saturated carbocycles. The average molecular weight is 453 g/mol. The van der Waals surface area contributed by atoms with Crippen molar-refractivity contribution < 1.29 is 4.79 Å². The number of amides is 1. The van der Waals surface area contributed by atoms with Crippen molar-refractivity contribution in [1.82, 2.24) is 20.4 Å². The van der Waals surface area contributed by atoms with Gasteiger partial charge in [-0.3, -0.25) is 9.69 Å². The van der Waals surface area contributed by atoms with E-state index in [1.54, 1.807) is 19.0 Å². The Balaban J connectivity index is 0.00000529. The molecule has 1 aliphatic heterocycles. The van der Waals surface area contributed by atoms with Gasteiger partial charge in [-0.25, -0.2) is 4.99 Å². The monoisotopic (exact) mass is 453 g/mol. The Kier molecular flexibility index (Phi) is 12.4. The second kappa shape index (κ2) is 12.7. The van der Waals surface area contributed by atoms with Gasteiger partial charge in [-0.05, 0) is 38.3 Å². The van der Waals surface area contributed by atoms with Crippen LogP contribution in [0.1, 0.15) is 40.0 Å². The fraction of sp³-hybridized carbons (Fsp3) is 0.882. The van der Waals surface area contributed by atoms with Gasteiger partial charge in [0.1, 0.15) is 6.54 Å². The summed E-state index contributed by atoms with van der Waals surface area (Å²) in [4.78, 5) is 20.3. The van der Waals surface area contributed by atoms with Gasteiger partial charge in [0.25, 0.3) is 0 Å². The van der Waals surface area contributed by atoms with Crippen LogP contribution in [0.4, 0.5) is 0 Å². The first-order valence-corrected chi connectivity index (χ1v) is 8.90. The predicted molar refractivity (Wildman–Crippen MR) is 112 cm³/mol. The van der Waals surface area contributed by atoms with Crippen LogP contribution >= 0.6 is 24.0 Å². The van der Waals surface area contributed by atoms with Gasteiger partial charge in [0.05, 0.1) is 0 Å². The number of rotatable bonds is 8. The van der Waals surface area contributed by atoms with Crippen molar-refractivity contribution in [2.24, 2.45) is 10.9 Å². The van der Waals surface area contributed by atoms with Crippen molar-refractivity contribution >= 4 is 35.8 Å². The van der Waals surface area contributed by atoms with E-state index in [9.17, 15) is 4.79 Å². The van der Waals surface area contributed by atoms with Crippen LogP contribution in [-0.2, 0) is 4.79 Å². The quantitative estimate of drug-likeness (QED) is 0.334. The van der Waals surface area contributed by atoms with Crippen LogP contribution in [0, 0.1) is 5.92 Å². The van der Waals surface area contributed by atoms with Gasteiger partial charge in [0.15, 0.2) is 5.96 Å². The summed E-state index contributed by atoms with van der Waals surface area (Å²) in [7, 11) is 3.52. The highest BCUT2D eigenvalue weighted by molar-refractivity contribution is 14.0. The number of carbonyl (C=O) groups excluding carboxylic acids is 1. The number of likely N-dealkylation sites (N-methyl/N-ethyl adjacent to an activating group) is 2. The van der Waals surface area contributed by atoms with Gasteiger partial charge in [-0.15, -0.1) is 24.0 Å².